The molecule has 0 unspecified atom stereocenters. The van der Waals surface area contributed by atoms with E-state index in [0.717, 1.165) is 27.5 Å². The molecule has 2 aromatic carbocycles. The molecule has 1 N–H and O–H groups in total. The van der Waals surface area contributed by atoms with Gasteiger partial charge in [-0.3, -0.25) is 0 Å². The van der Waals surface area contributed by atoms with Gasteiger partial charge in [-0.1, -0.05) is 30.3 Å². The average molecular weight is 337 g/mol. The summed E-state index contributed by atoms with van der Waals surface area (Å²) in [7, 11) is 1.79. The van der Waals surface area contributed by atoms with Gasteiger partial charge >= 0.3 is 6.03 Å². The highest BCUT2D eigenvalue weighted by molar-refractivity contribution is 7.13. The van der Waals surface area contributed by atoms with Crippen molar-refractivity contribution in [1.29, 1.82) is 0 Å². The number of benzene rings is 2. The summed E-state index contributed by atoms with van der Waals surface area (Å²) < 4.78 is 0. The molecular weight excluding hydrogens is 318 g/mol. The van der Waals surface area contributed by atoms with Gasteiger partial charge in [0, 0.05) is 35.9 Å². The van der Waals surface area contributed by atoms with E-state index < -0.39 is 0 Å². The van der Waals surface area contributed by atoms with Crippen LogP contribution in [0.4, 0.5) is 10.5 Å². The number of urea groups is 1. The monoisotopic (exact) mass is 337 g/mol. The van der Waals surface area contributed by atoms with Crippen LogP contribution in [-0.4, -0.2) is 23.0 Å². The minimum Gasteiger partial charge on any atom is -0.323 e. The fourth-order valence-corrected chi connectivity index (χ4v) is 3.13. The van der Waals surface area contributed by atoms with E-state index in [9.17, 15) is 4.79 Å². The SMILES string of the molecule is Cc1csc(-c2ccc(NC(=O)N(C)Cc3ccccc3)cc2)n1. The van der Waals surface area contributed by atoms with Crippen LogP contribution < -0.4 is 5.32 Å². The molecule has 0 spiro atoms. The molecule has 3 rings (SSSR count). The van der Waals surface area contributed by atoms with Crippen LogP contribution in [0, 0.1) is 6.92 Å². The molecule has 4 nitrogen and oxygen atoms in total. The van der Waals surface area contributed by atoms with Crippen LogP contribution in [0.25, 0.3) is 10.6 Å². The molecule has 0 atom stereocenters. The molecule has 0 bridgehead atoms. The number of anilines is 1. The molecule has 0 saturated heterocycles. The van der Waals surface area contributed by atoms with Crippen LogP contribution >= 0.6 is 11.3 Å². The third-order valence-corrected chi connectivity index (χ3v) is 4.62. The third kappa shape index (κ3) is 4.00. The van der Waals surface area contributed by atoms with E-state index in [1.165, 1.54) is 0 Å². The molecule has 0 radical (unpaired) electrons. The highest BCUT2D eigenvalue weighted by Crippen LogP contribution is 2.24. The molecular formula is C19H19N3OS. The fourth-order valence-electron chi connectivity index (χ4n) is 2.33. The van der Waals surface area contributed by atoms with Crippen molar-refractivity contribution in [3.63, 3.8) is 0 Å². The highest BCUT2D eigenvalue weighted by atomic mass is 32.1. The fraction of sp³-hybridized carbons (Fsp3) is 0.158. The van der Waals surface area contributed by atoms with Crippen molar-refractivity contribution >= 4 is 23.1 Å². The third-order valence-electron chi connectivity index (χ3n) is 3.61. The predicted molar refractivity (Wildman–Crippen MR) is 99.2 cm³/mol. The molecule has 0 aliphatic rings. The van der Waals surface area contributed by atoms with E-state index in [1.54, 1.807) is 23.3 Å². The second kappa shape index (κ2) is 7.27. The van der Waals surface area contributed by atoms with Gasteiger partial charge in [-0.05, 0) is 36.8 Å². The van der Waals surface area contributed by atoms with Crippen LogP contribution in [0.1, 0.15) is 11.3 Å². The van der Waals surface area contributed by atoms with Gasteiger partial charge in [0.15, 0.2) is 0 Å². The van der Waals surface area contributed by atoms with Gasteiger partial charge in [-0.25, -0.2) is 9.78 Å². The molecule has 1 aromatic heterocycles. The number of rotatable bonds is 4. The van der Waals surface area contributed by atoms with Crippen molar-refractivity contribution in [3.05, 3.63) is 71.2 Å². The standard InChI is InChI=1S/C19H19N3OS/c1-14-13-24-18(20-14)16-8-10-17(11-9-16)21-19(23)22(2)12-15-6-4-3-5-7-15/h3-11,13H,12H2,1-2H3,(H,21,23). The van der Waals surface area contributed by atoms with E-state index in [-0.39, 0.29) is 6.03 Å². The number of aromatic nitrogens is 1. The Morgan fingerprint density at radius 1 is 1.12 bits per heavy atom. The minimum atomic E-state index is -0.128. The van der Waals surface area contributed by atoms with Gasteiger partial charge in [0.2, 0.25) is 0 Å². The van der Waals surface area contributed by atoms with E-state index in [1.807, 2.05) is 66.9 Å². The number of nitrogens with zero attached hydrogens (tertiary/aromatic N) is 2. The van der Waals surface area contributed by atoms with Crippen molar-refractivity contribution in [2.24, 2.45) is 0 Å². The Labute approximate surface area is 145 Å². The number of carbonyl (C=O) groups is 1. The van der Waals surface area contributed by atoms with Crippen molar-refractivity contribution < 1.29 is 4.79 Å². The molecule has 0 aliphatic heterocycles. The van der Waals surface area contributed by atoms with Crippen LogP contribution in [0.3, 0.4) is 0 Å². The van der Waals surface area contributed by atoms with Crippen LogP contribution in [0.15, 0.2) is 60.0 Å². The normalized spacial score (nSPS) is 10.4. The molecule has 3 aromatic rings. The number of thiazole rings is 1. The number of carbonyl (C=O) groups excluding carboxylic acids is 1. The first-order valence-corrected chi connectivity index (χ1v) is 8.58. The van der Waals surface area contributed by atoms with Crippen molar-refractivity contribution in [3.8, 4) is 10.6 Å². The van der Waals surface area contributed by atoms with Crippen molar-refractivity contribution in [2.75, 3.05) is 12.4 Å². The first-order valence-electron chi connectivity index (χ1n) is 7.70. The Morgan fingerprint density at radius 2 is 1.83 bits per heavy atom. The van der Waals surface area contributed by atoms with Gasteiger partial charge in [0.25, 0.3) is 0 Å². The van der Waals surface area contributed by atoms with Crippen LogP contribution in [0.5, 0.6) is 0 Å². The molecule has 0 aliphatic carbocycles. The summed E-state index contributed by atoms with van der Waals surface area (Å²) in [6.45, 7) is 2.56. The topological polar surface area (TPSA) is 45.2 Å². The quantitative estimate of drug-likeness (QED) is 0.744. The lowest BCUT2D eigenvalue weighted by molar-refractivity contribution is 0.220. The summed E-state index contributed by atoms with van der Waals surface area (Å²) in [5, 5.41) is 5.94. The number of aryl methyl sites for hydroxylation is 1. The molecule has 24 heavy (non-hydrogen) atoms. The van der Waals surface area contributed by atoms with Crippen molar-refractivity contribution in [2.45, 2.75) is 13.5 Å². The van der Waals surface area contributed by atoms with Crippen molar-refractivity contribution in [1.82, 2.24) is 9.88 Å². The maximum absolute atomic E-state index is 12.3. The molecule has 2 amide bonds. The zero-order chi connectivity index (χ0) is 16.9. The maximum atomic E-state index is 12.3. The Hall–Kier alpha value is -2.66. The molecule has 1 heterocycles. The molecule has 0 fully saturated rings. The Morgan fingerprint density at radius 3 is 2.46 bits per heavy atom. The van der Waals surface area contributed by atoms with E-state index >= 15 is 0 Å². The molecule has 122 valence electrons. The Balaban J connectivity index is 1.62. The summed E-state index contributed by atoms with van der Waals surface area (Å²) >= 11 is 1.62. The summed E-state index contributed by atoms with van der Waals surface area (Å²) in [5.41, 5.74) is 3.96. The first-order chi connectivity index (χ1) is 11.6. The number of hydrogen-bond donors (Lipinski definition) is 1. The molecule has 0 saturated carbocycles. The van der Waals surface area contributed by atoms with Crippen LogP contribution in [0.2, 0.25) is 0 Å². The Bertz CT molecular complexity index is 812. The lowest BCUT2D eigenvalue weighted by atomic mass is 10.2. The maximum Gasteiger partial charge on any atom is 0.321 e. The van der Waals surface area contributed by atoms with E-state index in [4.69, 9.17) is 0 Å². The minimum absolute atomic E-state index is 0.128. The summed E-state index contributed by atoms with van der Waals surface area (Å²) in [5.74, 6) is 0. The lowest BCUT2D eigenvalue weighted by Gasteiger charge is -2.18. The van der Waals surface area contributed by atoms with E-state index in [2.05, 4.69) is 10.3 Å². The number of amides is 2. The van der Waals surface area contributed by atoms with Crippen LogP contribution in [-0.2, 0) is 6.54 Å². The second-order valence-corrected chi connectivity index (χ2v) is 6.50. The zero-order valence-corrected chi connectivity index (χ0v) is 14.5. The highest BCUT2D eigenvalue weighted by Gasteiger charge is 2.10. The largest absolute Gasteiger partial charge is 0.323 e. The lowest BCUT2D eigenvalue weighted by Crippen LogP contribution is -2.30. The number of nitrogens with one attached hydrogen (secondary N) is 1. The van der Waals surface area contributed by atoms with Gasteiger partial charge in [-0.15, -0.1) is 11.3 Å². The van der Waals surface area contributed by atoms with Gasteiger partial charge in [0.05, 0.1) is 0 Å². The van der Waals surface area contributed by atoms with Gasteiger partial charge < -0.3 is 10.2 Å². The zero-order valence-electron chi connectivity index (χ0n) is 13.7. The average Bonchev–Trinajstić information content (AvgIpc) is 3.03. The second-order valence-electron chi connectivity index (χ2n) is 5.64. The number of hydrogen-bond acceptors (Lipinski definition) is 3. The van der Waals surface area contributed by atoms with Gasteiger partial charge in [-0.2, -0.15) is 0 Å². The summed E-state index contributed by atoms with van der Waals surface area (Å²) in [6, 6.07) is 17.6. The predicted octanol–water partition coefficient (Wildman–Crippen LogP) is 4.78. The Kier molecular flexibility index (Phi) is 4.91. The molecule has 5 heteroatoms. The van der Waals surface area contributed by atoms with Gasteiger partial charge in [0.1, 0.15) is 5.01 Å². The smallest absolute Gasteiger partial charge is 0.321 e. The van der Waals surface area contributed by atoms with E-state index in [0.29, 0.717) is 6.54 Å². The first kappa shape index (κ1) is 16.2. The summed E-state index contributed by atoms with van der Waals surface area (Å²) in [4.78, 5) is 18.4. The summed E-state index contributed by atoms with van der Waals surface area (Å²) in [6.07, 6.45) is 0.